The molecule has 0 spiro atoms. The van der Waals surface area contributed by atoms with Crippen molar-refractivity contribution in [3.63, 3.8) is 0 Å². The molecular weight excluding hydrogens is 226 g/mol. The topological polar surface area (TPSA) is 34.4 Å². The number of hydrogen-bond donors (Lipinski definition) is 1. The molecule has 1 heterocycles. The third-order valence-electron chi connectivity index (χ3n) is 3.02. The molecule has 0 saturated heterocycles. The predicted molar refractivity (Wildman–Crippen MR) is 71.7 cm³/mol. The van der Waals surface area contributed by atoms with Gasteiger partial charge in [-0.1, -0.05) is 12.1 Å². The van der Waals surface area contributed by atoms with Gasteiger partial charge in [0.25, 0.3) is 0 Å². The van der Waals surface area contributed by atoms with Crippen LogP contribution in [0.3, 0.4) is 0 Å². The van der Waals surface area contributed by atoms with Crippen LogP contribution in [0.25, 0.3) is 0 Å². The van der Waals surface area contributed by atoms with E-state index in [4.69, 9.17) is 9.15 Å². The van der Waals surface area contributed by atoms with Gasteiger partial charge < -0.3 is 14.5 Å². The number of aryl methyl sites for hydroxylation is 1. The van der Waals surface area contributed by atoms with Crippen molar-refractivity contribution < 1.29 is 9.15 Å². The Labute approximate surface area is 108 Å². The van der Waals surface area contributed by atoms with Gasteiger partial charge in [0.05, 0.1) is 19.9 Å². The number of benzene rings is 1. The first kappa shape index (κ1) is 12.7. The molecule has 3 nitrogen and oxygen atoms in total. The second kappa shape index (κ2) is 5.74. The molecule has 1 atom stereocenters. The van der Waals surface area contributed by atoms with Gasteiger partial charge in [0.1, 0.15) is 11.5 Å². The third kappa shape index (κ3) is 2.93. The maximum Gasteiger partial charge on any atom is 0.123 e. The molecule has 18 heavy (non-hydrogen) atoms. The molecule has 2 aromatic rings. The van der Waals surface area contributed by atoms with Gasteiger partial charge in [0.2, 0.25) is 0 Å². The summed E-state index contributed by atoms with van der Waals surface area (Å²) in [6.07, 6.45) is 1.69. The monoisotopic (exact) mass is 245 g/mol. The average Bonchev–Trinajstić information content (AvgIpc) is 2.88. The fourth-order valence-corrected chi connectivity index (χ4v) is 1.95. The lowest BCUT2D eigenvalue weighted by Gasteiger charge is -2.17. The molecule has 1 N–H and O–H groups in total. The number of furan rings is 1. The molecule has 0 aliphatic rings. The Hall–Kier alpha value is -1.74. The van der Waals surface area contributed by atoms with Crippen LogP contribution >= 0.6 is 0 Å². The molecule has 3 heteroatoms. The van der Waals surface area contributed by atoms with Crippen molar-refractivity contribution in [2.24, 2.45) is 0 Å². The third-order valence-corrected chi connectivity index (χ3v) is 3.02. The van der Waals surface area contributed by atoms with Crippen molar-refractivity contribution in [3.05, 3.63) is 53.5 Å². The Morgan fingerprint density at radius 2 is 2.17 bits per heavy atom. The van der Waals surface area contributed by atoms with Crippen LogP contribution in [0.1, 0.15) is 29.9 Å². The van der Waals surface area contributed by atoms with Crippen LogP contribution in [-0.2, 0) is 6.54 Å². The minimum atomic E-state index is 0.214. The summed E-state index contributed by atoms with van der Waals surface area (Å²) in [5, 5.41) is 3.42. The number of rotatable bonds is 5. The maximum atomic E-state index is 5.42. The molecule has 0 bridgehead atoms. The van der Waals surface area contributed by atoms with Crippen LogP contribution < -0.4 is 10.1 Å². The van der Waals surface area contributed by atoms with Gasteiger partial charge in [-0.05, 0) is 37.6 Å². The summed E-state index contributed by atoms with van der Waals surface area (Å²) in [7, 11) is 1.71. The van der Waals surface area contributed by atoms with E-state index >= 15 is 0 Å². The molecule has 96 valence electrons. The fraction of sp³-hybridized carbons (Fsp3) is 0.333. The Balaban J connectivity index is 2.06. The lowest BCUT2D eigenvalue weighted by molar-refractivity contribution is 0.397. The molecule has 2 rings (SSSR count). The molecule has 1 unspecified atom stereocenters. The van der Waals surface area contributed by atoms with Crippen molar-refractivity contribution in [1.82, 2.24) is 5.32 Å². The highest BCUT2D eigenvalue weighted by atomic mass is 16.5. The Morgan fingerprint density at radius 1 is 1.33 bits per heavy atom. The lowest BCUT2D eigenvalue weighted by atomic mass is 10.0. The smallest absolute Gasteiger partial charge is 0.123 e. The Morgan fingerprint density at radius 3 is 2.83 bits per heavy atom. The van der Waals surface area contributed by atoms with Crippen LogP contribution in [0.2, 0.25) is 0 Å². The zero-order chi connectivity index (χ0) is 13.0. The highest BCUT2D eigenvalue weighted by molar-refractivity contribution is 5.39. The largest absolute Gasteiger partial charge is 0.496 e. The molecule has 1 aromatic carbocycles. The van der Waals surface area contributed by atoms with E-state index in [1.165, 1.54) is 5.56 Å². The van der Waals surface area contributed by atoms with Crippen molar-refractivity contribution >= 4 is 0 Å². The van der Waals surface area contributed by atoms with Gasteiger partial charge in [-0.25, -0.2) is 0 Å². The second-order valence-corrected chi connectivity index (χ2v) is 4.43. The van der Waals surface area contributed by atoms with E-state index in [-0.39, 0.29) is 6.04 Å². The van der Waals surface area contributed by atoms with Gasteiger partial charge >= 0.3 is 0 Å². The molecule has 1 aromatic heterocycles. The van der Waals surface area contributed by atoms with Crippen LogP contribution in [-0.4, -0.2) is 7.11 Å². The molecule has 0 radical (unpaired) electrons. The van der Waals surface area contributed by atoms with Crippen molar-refractivity contribution in [3.8, 4) is 5.75 Å². The molecule has 0 saturated carbocycles. The van der Waals surface area contributed by atoms with Gasteiger partial charge in [-0.2, -0.15) is 0 Å². The van der Waals surface area contributed by atoms with E-state index < -0.39 is 0 Å². The number of nitrogens with one attached hydrogen (secondary N) is 1. The van der Waals surface area contributed by atoms with E-state index in [1.54, 1.807) is 13.4 Å². The van der Waals surface area contributed by atoms with E-state index in [9.17, 15) is 0 Å². The lowest BCUT2D eigenvalue weighted by Crippen LogP contribution is -2.18. The average molecular weight is 245 g/mol. The Kier molecular flexibility index (Phi) is 4.05. The molecule has 0 fully saturated rings. The number of ether oxygens (including phenoxy) is 1. The fourth-order valence-electron chi connectivity index (χ4n) is 1.95. The zero-order valence-electron chi connectivity index (χ0n) is 11.1. The molecular formula is C15H19NO2. The van der Waals surface area contributed by atoms with Crippen molar-refractivity contribution in [2.45, 2.75) is 26.4 Å². The first-order valence-corrected chi connectivity index (χ1v) is 6.11. The summed E-state index contributed by atoms with van der Waals surface area (Å²) in [4.78, 5) is 0. The zero-order valence-corrected chi connectivity index (χ0v) is 11.1. The minimum Gasteiger partial charge on any atom is -0.496 e. The van der Waals surface area contributed by atoms with Gasteiger partial charge in [0.15, 0.2) is 0 Å². The summed E-state index contributed by atoms with van der Waals surface area (Å²) in [5.74, 6) is 1.86. The SMILES string of the molecule is COc1cc(C)ccc1C(C)NCc1ccco1. The Bertz CT molecular complexity index is 491. The highest BCUT2D eigenvalue weighted by Gasteiger charge is 2.11. The molecule has 0 amide bonds. The van der Waals surface area contributed by atoms with E-state index in [0.717, 1.165) is 17.1 Å². The van der Waals surface area contributed by atoms with E-state index in [2.05, 4.69) is 37.4 Å². The minimum absolute atomic E-state index is 0.214. The first-order valence-electron chi connectivity index (χ1n) is 6.11. The van der Waals surface area contributed by atoms with Gasteiger partial charge in [0, 0.05) is 11.6 Å². The summed E-state index contributed by atoms with van der Waals surface area (Å²) in [6, 6.07) is 10.3. The molecule has 0 aliphatic heterocycles. The van der Waals surface area contributed by atoms with Crippen molar-refractivity contribution in [1.29, 1.82) is 0 Å². The standard InChI is InChI=1S/C15H19NO2/c1-11-6-7-14(15(9-11)17-3)12(2)16-10-13-5-4-8-18-13/h4-9,12,16H,10H2,1-3H3. The van der Waals surface area contributed by atoms with E-state index in [1.807, 2.05) is 12.1 Å². The summed E-state index contributed by atoms with van der Waals surface area (Å²) < 4.78 is 10.7. The van der Waals surface area contributed by atoms with E-state index in [0.29, 0.717) is 6.54 Å². The maximum absolute atomic E-state index is 5.42. The summed E-state index contributed by atoms with van der Waals surface area (Å²) in [6.45, 7) is 4.90. The van der Waals surface area contributed by atoms with Crippen LogP contribution in [0, 0.1) is 6.92 Å². The van der Waals surface area contributed by atoms with Crippen LogP contribution in [0.5, 0.6) is 5.75 Å². The van der Waals surface area contributed by atoms with Gasteiger partial charge in [-0.3, -0.25) is 0 Å². The van der Waals surface area contributed by atoms with Crippen LogP contribution in [0.4, 0.5) is 0 Å². The second-order valence-electron chi connectivity index (χ2n) is 4.43. The predicted octanol–water partition coefficient (Wildman–Crippen LogP) is 3.45. The highest BCUT2D eigenvalue weighted by Crippen LogP contribution is 2.26. The van der Waals surface area contributed by atoms with Crippen LogP contribution in [0.15, 0.2) is 41.0 Å². The first-order chi connectivity index (χ1) is 8.70. The van der Waals surface area contributed by atoms with Crippen molar-refractivity contribution in [2.75, 3.05) is 7.11 Å². The van der Waals surface area contributed by atoms with Gasteiger partial charge in [-0.15, -0.1) is 0 Å². The quantitative estimate of drug-likeness (QED) is 0.876. The number of methoxy groups -OCH3 is 1. The summed E-state index contributed by atoms with van der Waals surface area (Å²) in [5.41, 5.74) is 2.36. The molecule has 0 aliphatic carbocycles. The summed E-state index contributed by atoms with van der Waals surface area (Å²) >= 11 is 0. The number of hydrogen-bond acceptors (Lipinski definition) is 3. The normalized spacial score (nSPS) is 12.4.